The van der Waals surface area contributed by atoms with Gasteiger partial charge in [0, 0.05) is 29.1 Å². The topological polar surface area (TPSA) is 102 Å². The molecule has 1 saturated carbocycles. The predicted molar refractivity (Wildman–Crippen MR) is 123 cm³/mol. The summed E-state index contributed by atoms with van der Waals surface area (Å²) < 4.78 is 12.9. The van der Waals surface area contributed by atoms with Gasteiger partial charge in [0.2, 0.25) is 0 Å². The van der Waals surface area contributed by atoms with Crippen molar-refractivity contribution in [1.82, 2.24) is 30.1 Å². The number of nitrogens with one attached hydrogen (secondary N) is 1. The highest BCUT2D eigenvalue weighted by Crippen LogP contribution is 2.27. The molecule has 3 heterocycles. The highest BCUT2D eigenvalue weighted by Gasteiger charge is 2.25. The zero-order chi connectivity index (χ0) is 22.6. The summed E-state index contributed by atoms with van der Waals surface area (Å²) in [5, 5.41) is 13.3. The van der Waals surface area contributed by atoms with E-state index in [-0.39, 0.29) is 5.56 Å². The van der Waals surface area contributed by atoms with E-state index in [0.29, 0.717) is 32.3 Å². The van der Waals surface area contributed by atoms with Gasteiger partial charge in [-0.2, -0.15) is 0 Å². The Labute approximate surface area is 191 Å². The van der Waals surface area contributed by atoms with Crippen molar-refractivity contribution in [2.24, 2.45) is 0 Å². The average molecular weight is 449 g/mol. The standard InChI is InChI=1S/C24H28N6O3/c1-2-32-20-9-10-22-17(13-20)12-18(24(31)25-22)14-29(19-6-3-4-7-19)16-23-26-27-28-30(23)15-21-8-5-11-33-21/h5,8-13,19H,2-4,6-7,14-16H2,1H3,(H,25,31). The summed E-state index contributed by atoms with van der Waals surface area (Å²) in [5.74, 6) is 2.36. The van der Waals surface area contributed by atoms with E-state index in [2.05, 4.69) is 25.4 Å². The van der Waals surface area contributed by atoms with Crippen LogP contribution in [0.1, 0.15) is 49.8 Å². The molecule has 0 aliphatic heterocycles. The minimum atomic E-state index is -0.0650. The Kier molecular flexibility index (Phi) is 6.21. The first-order chi connectivity index (χ1) is 16.2. The van der Waals surface area contributed by atoms with Crippen LogP contribution in [0.5, 0.6) is 5.75 Å². The van der Waals surface area contributed by atoms with Crippen LogP contribution in [0.4, 0.5) is 0 Å². The molecule has 0 radical (unpaired) electrons. The molecule has 1 N–H and O–H groups in total. The molecular formula is C24H28N6O3. The van der Waals surface area contributed by atoms with Crippen molar-refractivity contribution in [3.05, 3.63) is 70.2 Å². The maximum Gasteiger partial charge on any atom is 0.252 e. The molecule has 172 valence electrons. The lowest BCUT2D eigenvalue weighted by atomic mass is 10.1. The normalized spacial score (nSPS) is 14.5. The van der Waals surface area contributed by atoms with Gasteiger partial charge in [0.15, 0.2) is 5.82 Å². The van der Waals surface area contributed by atoms with Crippen molar-refractivity contribution in [3.8, 4) is 5.75 Å². The zero-order valence-corrected chi connectivity index (χ0v) is 18.7. The largest absolute Gasteiger partial charge is 0.494 e. The number of fused-ring (bicyclic) bond motifs is 1. The number of aromatic amines is 1. The van der Waals surface area contributed by atoms with Gasteiger partial charge in [0.1, 0.15) is 18.1 Å². The second-order valence-corrected chi connectivity index (χ2v) is 8.48. The van der Waals surface area contributed by atoms with Crippen LogP contribution in [0.25, 0.3) is 10.9 Å². The Morgan fingerprint density at radius 1 is 1.21 bits per heavy atom. The highest BCUT2D eigenvalue weighted by atomic mass is 16.5. The third-order valence-corrected chi connectivity index (χ3v) is 6.25. The van der Waals surface area contributed by atoms with Crippen LogP contribution >= 0.6 is 0 Å². The van der Waals surface area contributed by atoms with E-state index in [0.717, 1.165) is 46.6 Å². The molecule has 9 nitrogen and oxygen atoms in total. The van der Waals surface area contributed by atoms with Crippen molar-refractivity contribution in [2.45, 2.75) is 58.3 Å². The van der Waals surface area contributed by atoms with Crippen LogP contribution in [0.15, 0.2) is 51.9 Å². The Balaban J connectivity index is 1.42. The molecule has 1 aliphatic carbocycles. The molecular weight excluding hydrogens is 420 g/mol. The summed E-state index contributed by atoms with van der Waals surface area (Å²) in [6.45, 7) is 4.13. The van der Waals surface area contributed by atoms with Crippen LogP contribution < -0.4 is 10.3 Å². The molecule has 0 spiro atoms. The number of nitrogens with zero attached hydrogens (tertiary/aromatic N) is 5. The monoisotopic (exact) mass is 448 g/mol. The Morgan fingerprint density at radius 3 is 2.88 bits per heavy atom. The lowest BCUT2D eigenvalue weighted by Crippen LogP contribution is -2.35. The second-order valence-electron chi connectivity index (χ2n) is 8.48. The van der Waals surface area contributed by atoms with Gasteiger partial charge in [0.05, 0.1) is 19.4 Å². The molecule has 33 heavy (non-hydrogen) atoms. The molecule has 1 aromatic carbocycles. The predicted octanol–water partition coefficient (Wildman–Crippen LogP) is 3.50. The molecule has 0 bridgehead atoms. The molecule has 0 amide bonds. The number of rotatable bonds is 9. The zero-order valence-electron chi connectivity index (χ0n) is 18.7. The number of H-pyrrole nitrogens is 1. The first kappa shape index (κ1) is 21.4. The molecule has 9 heteroatoms. The van der Waals surface area contributed by atoms with Gasteiger partial charge < -0.3 is 14.1 Å². The number of ether oxygens (including phenoxy) is 1. The summed E-state index contributed by atoms with van der Waals surface area (Å²) in [4.78, 5) is 18.3. The number of benzene rings is 1. The third kappa shape index (κ3) is 4.83. The minimum absolute atomic E-state index is 0.0650. The fourth-order valence-electron chi connectivity index (χ4n) is 4.60. The number of hydrogen-bond donors (Lipinski definition) is 1. The average Bonchev–Trinajstić information content (AvgIpc) is 3.58. The van der Waals surface area contributed by atoms with E-state index in [9.17, 15) is 4.79 Å². The Hall–Kier alpha value is -3.46. The van der Waals surface area contributed by atoms with Gasteiger partial charge >= 0.3 is 0 Å². The van der Waals surface area contributed by atoms with E-state index in [1.54, 1.807) is 10.9 Å². The maximum atomic E-state index is 12.9. The quantitative estimate of drug-likeness (QED) is 0.418. The second kappa shape index (κ2) is 9.58. The van der Waals surface area contributed by atoms with E-state index in [1.807, 2.05) is 43.3 Å². The SMILES string of the molecule is CCOc1ccc2[nH]c(=O)c(CN(Cc3nnnn3Cc3ccco3)C3CCCC3)cc2c1. The molecule has 0 atom stereocenters. The van der Waals surface area contributed by atoms with E-state index < -0.39 is 0 Å². The van der Waals surface area contributed by atoms with Crippen molar-refractivity contribution < 1.29 is 9.15 Å². The molecule has 1 fully saturated rings. The van der Waals surface area contributed by atoms with E-state index >= 15 is 0 Å². The van der Waals surface area contributed by atoms with E-state index in [1.165, 1.54) is 12.8 Å². The lowest BCUT2D eigenvalue weighted by Gasteiger charge is -2.28. The van der Waals surface area contributed by atoms with Crippen LogP contribution in [0, 0.1) is 0 Å². The van der Waals surface area contributed by atoms with Gasteiger partial charge in [-0.3, -0.25) is 9.69 Å². The lowest BCUT2D eigenvalue weighted by molar-refractivity contribution is 0.172. The van der Waals surface area contributed by atoms with Crippen LogP contribution in [-0.2, 0) is 19.6 Å². The third-order valence-electron chi connectivity index (χ3n) is 6.25. The molecule has 5 rings (SSSR count). The molecule has 1 aliphatic rings. The first-order valence-electron chi connectivity index (χ1n) is 11.5. The van der Waals surface area contributed by atoms with Gasteiger partial charge in [-0.05, 0) is 66.6 Å². The Morgan fingerprint density at radius 2 is 2.09 bits per heavy atom. The van der Waals surface area contributed by atoms with Gasteiger partial charge in [-0.25, -0.2) is 4.68 Å². The van der Waals surface area contributed by atoms with Crippen molar-refractivity contribution in [3.63, 3.8) is 0 Å². The van der Waals surface area contributed by atoms with E-state index in [4.69, 9.17) is 9.15 Å². The number of aromatic nitrogens is 5. The van der Waals surface area contributed by atoms with Crippen LogP contribution in [-0.4, -0.2) is 42.7 Å². The van der Waals surface area contributed by atoms with Crippen molar-refractivity contribution in [1.29, 1.82) is 0 Å². The number of hydrogen-bond acceptors (Lipinski definition) is 7. The first-order valence-corrected chi connectivity index (χ1v) is 11.5. The van der Waals surface area contributed by atoms with Crippen molar-refractivity contribution in [2.75, 3.05) is 6.61 Å². The minimum Gasteiger partial charge on any atom is -0.494 e. The fraction of sp³-hybridized carbons (Fsp3) is 0.417. The fourth-order valence-corrected chi connectivity index (χ4v) is 4.60. The molecule has 0 saturated heterocycles. The maximum absolute atomic E-state index is 12.9. The summed E-state index contributed by atoms with van der Waals surface area (Å²) in [5.41, 5.74) is 1.47. The summed E-state index contributed by atoms with van der Waals surface area (Å²) >= 11 is 0. The number of furan rings is 1. The van der Waals surface area contributed by atoms with Crippen LogP contribution in [0.3, 0.4) is 0 Å². The van der Waals surface area contributed by atoms with Gasteiger partial charge in [-0.15, -0.1) is 5.10 Å². The highest BCUT2D eigenvalue weighted by molar-refractivity contribution is 5.80. The van der Waals surface area contributed by atoms with Crippen molar-refractivity contribution >= 4 is 10.9 Å². The summed E-state index contributed by atoms with van der Waals surface area (Å²) in [6, 6.07) is 11.9. The molecule has 3 aromatic heterocycles. The summed E-state index contributed by atoms with van der Waals surface area (Å²) in [6.07, 6.45) is 6.27. The van der Waals surface area contributed by atoms with Crippen LogP contribution in [0.2, 0.25) is 0 Å². The van der Waals surface area contributed by atoms with Gasteiger partial charge in [0.25, 0.3) is 5.56 Å². The van der Waals surface area contributed by atoms with Gasteiger partial charge in [-0.1, -0.05) is 12.8 Å². The summed E-state index contributed by atoms with van der Waals surface area (Å²) in [7, 11) is 0. The smallest absolute Gasteiger partial charge is 0.252 e. The molecule has 4 aromatic rings. The Bertz CT molecular complexity index is 1260. The molecule has 0 unspecified atom stereocenters. The number of tetrazole rings is 1. The number of pyridine rings is 1.